The summed E-state index contributed by atoms with van der Waals surface area (Å²) in [5, 5.41) is 3.02. The molecular formula is C25H19BrCl3FN2O2. The van der Waals surface area contributed by atoms with E-state index in [1.807, 2.05) is 25.1 Å². The first kappa shape index (κ1) is 25.0. The van der Waals surface area contributed by atoms with Gasteiger partial charge in [-0.25, -0.2) is 4.39 Å². The van der Waals surface area contributed by atoms with Gasteiger partial charge in [-0.15, -0.1) is 23.2 Å². The van der Waals surface area contributed by atoms with Crippen molar-refractivity contribution in [1.82, 2.24) is 0 Å². The number of hydrogen-bond acceptors (Lipinski definition) is 2. The molecule has 0 spiro atoms. The van der Waals surface area contributed by atoms with E-state index in [-0.39, 0.29) is 22.4 Å². The number of halogens is 5. The standard InChI is InChI=1S/C25H19BrCl3FN2O2/c1-13-11-14(3-9-19(13)26)21-22(25(21,28)29)23(33)31-16-6-10-20(27)18(12-16)24(34)32(2)17-7-4-15(30)5-8-17/h3-12,21-22H,1-2H3,(H,31,33). The molecule has 1 aliphatic carbocycles. The Hall–Kier alpha value is -2.12. The predicted molar refractivity (Wildman–Crippen MR) is 139 cm³/mol. The summed E-state index contributed by atoms with van der Waals surface area (Å²) in [6.45, 7) is 1.95. The molecule has 1 saturated carbocycles. The van der Waals surface area contributed by atoms with E-state index < -0.39 is 22.0 Å². The number of hydrogen-bond donors (Lipinski definition) is 1. The molecule has 4 rings (SSSR count). The van der Waals surface area contributed by atoms with Gasteiger partial charge in [0.05, 0.1) is 16.5 Å². The maximum Gasteiger partial charge on any atom is 0.259 e. The van der Waals surface area contributed by atoms with Crippen LogP contribution in [0.1, 0.15) is 27.4 Å². The predicted octanol–water partition coefficient (Wildman–Crippen LogP) is 7.35. The number of anilines is 2. The highest BCUT2D eigenvalue weighted by Crippen LogP contribution is 2.65. The quantitative estimate of drug-likeness (QED) is 0.319. The first-order valence-electron chi connectivity index (χ1n) is 10.3. The second-order valence-electron chi connectivity index (χ2n) is 8.16. The molecule has 0 radical (unpaired) electrons. The highest BCUT2D eigenvalue weighted by atomic mass is 79.9. The number of nitrogens with zero attached hydrogens (tertiary/aromatic N) is 1. The fraction of sp³-hybridized carbons (Fsp3) is 0.200. The van der Waals surface area contributed by atoms with Gasteiger partial charge in [-0.3, -0.25) is 9.59 Å². The minimum Gasteiger partial charge on any atom is -0.326 e. The number of aryl methyl sites for hydroxylation is 1. The Labute approximate surface area is 220 Å². The lowest BCUT2D eigenvalue weighted by molar-refractivity contribution is -0.117. The van der Waals surface area contributed by atoms with Gasteiger partial charge in [0.2, 0.25) is 5.91 Å². The Kier molecular flexibility index (Phi) is 6.98. The minimum absolute atomic E-state index is 0.185. The van der Waals surface area contributed by atoms with Gasteiger partial charge < -0.3 is 10.2 Å². The van der Waals surface area contributed by atoms with Crippen LogP contribution in [0.3, 0.4) is 0 Å². The van der Waals surface area contributed by atoms with Crippen LogP contribution in [0.2, 0.25) is 5.02 Å². The Balaban J connectivity index is 1.53. The van der Waals surface area contributed by atoms with Crippen molar-refractivity contribution in [3.63, 3.8) is 0 Å². The van der Waals surface area contributed by atoms with Crippen molar-refractivity contribution >= 4 is 73.9 Å². The van der Waals surface area contributed by atoms with Gasteiger partial charge >= 0.3 is 0 Å². The fourth-order valence-corrected chi connectivity index (χ4v) is 5.15. The highest BCUT2D eigenvalue weighted by Gasteiger charge is 2.67. The van der Waals surface area contributed by atoms with Gasteiger partial charge in [-0.2, -0.15) is 0 Å². The lowest BCUT2D eigenvalue weighted by atomic mass is 10.1. The summed E-state index contributed by atoms with van der Waals surface area (Å²) in [6, 6.07) is 15.9. The van der Waals surface area contributed by atoms with Crippen molar-refractivity contribution in [2.45, 2.75) is 17.2 Å². The normalized spacial score (nSPS) is 18.3. The fourth-order valence-electron chi connectivity index (χ4n) is 3.88. The van der Waals surface area contributed by atoms with Gasteiger partial charge in [0.25, 0.3) is 5.91 Å². The van der Waals surface area contributed by atoms with Gasteiger partial charge in [-0.05, 0) is 66.6 Å². The van der Waals surface area contributed by atoms with E-state index >= 15 is 0 Å². The Bertz CT molecular complexity index is 1280. The molecule has 3 aromatic rings. The van der Waals surface area contributed by atoms with E-state index in [0.717, 1.165) is 15.6 Å². The smallest absolute Gasteiger partial charge is 0.259 e. The topological polar surface area (TPSA) is 49.4 Å². The van der Waals surface area contributed by atoms with Crippen LogP contribution >= 0.6 is 50.7 Å². The zero-order valence-electron chi connectivity index (χ0n) is 18.1. The molecule has 2 unspecified atom stereocenters. The Morgan fingerprint density at radius 1 is 1.06 bits per heavy atom. The Morgan fingerprint density at radius 3 is 2.38 bits per heavy atom. The summed E-state index contributed by atoms with van der Waals surface area (Å²) in [6.07, 6.45) is 0. The van der Waals surface area contributed by atoms with Crippen LogP contribution in [0, 0.1) is 18.7 Å². The second-order valence-corrected chi connectivity index (χ2v) is 10.9. The van der Waals surface area contributed by atoms with Crippen molar-refractivity contribution in [2.24, 2.45) is 5.92 Å². The van der Waals surface area contributed by atoms with E-state index in [1.54, 1.807) is 13.1 Å². The number of carbonyl (C=O) groups excluding carboxylic acids is 2. The zero-order valence-corrected chi connectivity index (χ0v) is 21.9. The summed E-state index contributed by atoms with van der Waals surface area (Å²) in [4.78, 5) is 27.4. The molecule has 3 aromatic carbocycles. The number of carbonyl (C=O) groups is 2. The largest absolute Gasteiger partial charge is 0.326 e. The summed E-state index contributed by atoms with van der Waals surface area (Å²) in [7, 11) is 1.56. The second kappa shape index (κ2) is 9.50. The van der Waals surface area contributed by atoms with Crippen LogP contribution in [-0.2, 0) is 4.79 Å². The Morgan fingerprint density at radius 2 is 1.74 bits per heavy atom. The number of benzene rings is 3. The van der Waals surface area contributed by atoms with E-state index in [1.165, 1.54) is 41.3 Å². The van der Waals surface area contributed by atoms with Crippen LogP contribution in [0.4, 0.5) is 15.8 Å². The SMILES string of the molecule is Cc1cc(C2C(C(=O)Nc3ccc(Cl)c(C(=O)N(C)c4ccc(F)cc4)c3)C2(Cl)Cl)ccc1Br. The van der Waals surface area contributed by atoms with Crippen LogP contribution < -0.4 is 10.2 Å². The third kappa shape index (κ3) is 4.82. The molecule has 1 aliphatic rings. The summed E-state index contributed by atoms with van der Waals surface area (Å²) < 4.78 is 12.9. The molecule has 34 heavy (non-hydrogen) atoms. The molecular weight excluding hydrogens is 566 g/mol. The highest BCUT2D eigenvalue weighted by molar-refractivity contribution is 9.10. The first-order valence-corrected chi connectivity index (χ1v) is 12.2. The van der Waals surface area contributed by atoms with Crippen molar-refractivity contribution in [1.29, 1.82) is 0 Å². The minimum atomic E-state index is -1.24. The molecule has 4 nitrogen and oxygen atoms in total. The van der Waals surface area contributed by atoms with Gasteiger partial charge in [-0.1, -0.05) is 39.7 Å². The first-order chi connectivity index (χ1) is 16.0. The number of alkyl halides is 2. The summed E-state index contributed by atoms with van der Waals surface area (Å²) in [5.74, 6) is -2.19. The molecule has 0 aromatic heterocycles. The number of amides is 2. The number of rotatable bonds is 5. The van der Waals surface area contributed by atoms with Crippen molar-refractivity contribution in [2.75, 3.05) is 17.3 Å². The molecule has 0 aliphatic heterocycles. The average molecular weight is 585 g/mol. The molecule has 0 bridgehead atoms. The van der Waals surface area contributed by atoms with Crippen molar-refractivity contribution < 1.29 is 14.0 Å². The molecule has 2 atom stereocenters. The molecule has 176 valence electrons. The van der Waals surface area contributed by atoms with Crippen LogP contribution in [0.5, 0.6) is 0 Å². The molecule has 9 heteroatoms. The maximum atomic E-state index is 13.2. The third-order valence-electron chi connectivity index (χ3n) is 5.86. The monoisotopic (exact) mass is 582 g/mol. The lowest BCUT2D eigenvalue weighted by Gasteiger charge is -2.18. The van der Waals surface area contributed by atoms with Gasteiger partial charge in [0.15, 0.2) is 0 Å². The van der Waals surface area contributed by atoms with E-state index in [0.29, 0.717) is 11.4 Å². The molecule has 0 saturated heterocycles. The summed E-state index contributed by atoms with van der Waals surface area (Å²) >= 11 is 22.7. The summed E-state index contributed by atoms with van der Waals surface area (Å²) in [5.41, 5.74) is 2.95. The van der Waals surface area contributed by atoms with E-state index in [9.17, 15) is 14.0 Å². The average Bonchev–Trinajstić information content (AvgIpc) is 3.38. The van der Waals surface area contributed by atoms with Crippen molar-refractivity contribution in [3.8, 4) is 0 Å². The number of nitrogens with one attached hydrogen (secondary N) is 1. The molecule has 2 amide bonds. The molecule has 1 N–H and O–H groups in total. The van der Waals surface area contributed by atoms with Gasteiger partial charge in [0, 0.05) is 28.8 Å². The maximum absolute atomic E-state index is 13.2. The van der Waals surface area contributed by atoms with E-state index in [4.69, 9.17) is 34.8 Å². The van der Waals surface area contributed by atoms with Gasteiger partial charge in [0.1, 0.15) is 10.2 Å². The van der Waals surface area contributed by atoms with Crippen LogP contribution in [-0.4, -0.2) is 23.2 Å². The van der Waals surface area contributed by atoms with Crippen LogP contribution in [0.25, 0.3) is 0 Å². The lowest BCUT2D eigenvalue weighted by Crippen LogP contribution is -2.26. The third-order valence-corrected chi connectivity index (χ3v) is 8.02. The molecule has 1 fully saturated rings. The van der Waals surface area contributed by atoms with Crippen LogP contribution in [0.15, 0.2) is 65.1 Å². The molecule has 0 heterocycles. The van der Waals surface area contributed by atoms with E-state index in [2.05, 4.69) is 21.2 Å². The zero-order chi connectivity index (χ0) is 24.8. The van der Waals surface area contributed by atoms with Crippen molar-refractivity contribution in [3.05, 3.63) is 92.7 Å².